The quantitative estimate of drug-likeness (QED) is 0.176. The number of rotatable bonds is 8. The molecule has 0 fully saturated rings. The summed E-state index contributed by atoms with van der Waals surface area (Å²) < 4.78 is 7.42. The van der Waals surface area contributed by atoms with Gasteiger partial charge in [0.1, 0.15) is 22.5 Å². The lowest BCUT2D eigenvalue weighted by molar-refractivity contribution is -0.136. The molecule has 2 amide bonds. The van der Waals surface area contributed by atoms with Crippen LogP contribution in [0.4, 0.5) is 5.00 Å². The van der Waals surface area contributed by atoms with Crippen molar-refractivity contribution in [1.82, 2.24) is 15.2 Å². The number of hydrazone groups is 1. The number of nitrogens with one attached hydrogen (secondary N) is 2. The van der Waals surface area contributed by atoms with Crippen LogP contribution in [0.5, 0.6) is 5.75 Å². The number of benzene rings is 2. The number of carbonyl (C=O) groups is 2. The van der Waals surface area contributed by atoms with Crippen LogP contribution in [0.15, 0.2) is 65.9 Å². The molecule has 0 bridgehead atoms. The number of thiophene rings is 1. The van der Waals surface area contributed by atoms with Gasteiger partial charge in [0.05, 0.1) is 24.1 Å². The van der Waals surface area contributed by atoms with Gasteiger partial charge >= 0.3 is 11.8 Å². The van der Waals surface area contributed by atoms with Crippen LogP contribution in [0.3, 0.4) is 0 Å². The molecule has 9 nitrogen and oxygen atoms in total. The average molecular weight is 553 g/mol. The van der Waals surface area contributed by atoms with Gasteiger partial charge < -0.3 is 10.1 Å². The van der Waals surface area contributed by atoms with Crippen LogP contribution in [0, 0.1) is 11.3 Å². The van der Waals surface area contributed by atoms with Gasteiger partial charge in [-0.3, -0.25) is 9.59 Å². The lowest BCUT2D eigenvalue weighted by Crippen LogP contribution is -2.32. The molecule has 40 heavy (non-hydrogen) atoms. The van der Waals surface area contributed by atoms with Crippen molar-refractivity contribution in [2.75, 3.05) is 11.9 Å². The van der Waals surface area contributed by atoms with E-state index in [4.69, 9.17) is 9.84 Å². The summed E-state index contributed by atoms with van der Waals surface area (Å²) in [5.74, 6) is -1.04. The maximum absolute atomic E-state index is 12.6. The summed E-state index contributed by atoms with van der Waals surface area (Å²) in [6.45, 7) is 2.69. The molecule has 0 saturated heterocycles. The number of aryl methyl sites for hydroxylation is 1. The Hall–Kier alpha value is -4.75. The van der Waals surface area contributed by atoms with Crippen molar-refractivity contribution in [3.8, 4) is 28.8 Å². The van der Waals surface area contributed by atoms with Gasteiger partial charge in [0, 0.05) is 22.2 Å². The standard InChI is InChI=1S/C30H28N6O3S/c1-2-16-39-23-14-12-20(13-15-23)27-21(19-36(35-27)22-8-4-3-5-9-22)18-32-34-29(38)28(37)33-30-25(17-31)24-10-6-7-11-26(24)40-30/h3-5,8-9,12-15,18-19H,2,6-7,10-11,16H2,1H3,(H,33,37)(H,34,38)/b32-18+. The van der Waals surface area contributed by atoms with Crippen molar-refractivity contribution < 1.29 is 14.3 Å². The van der Waals surface area contributed by atoms with E-state index in [1.54, 1.807) is 10.9 Å². The molecule has 0 unspecified atom stereocenters. The van der Waals surface area contributed by atoms with Crippen LogP contribution in [0.2, 0.25) is 0 Å². The van der Waals surface area contributed by atoms with E-state index in [0.29, 0.717) is 28.4 Å². The van der Waals surface area contributed by atoms with Crippen LogP contribution >= 0.6 is 11.3 Å². The van der Waals surface area contributed by atoms with Crippen LogP contribution < -0.4 is 15.5 Å². The molecular formula is C30H28N6O3S. The molecule has 2 heterocycles. The highest BCUT2D eigenvalue weighted by Gasteiger charge is 2.23. The lowest BCUT2D eigenvalue weighted by atomic mass is 9.96. The number of para-hydroxylation sites is 1. The third-order valence-electron chi connectivity index (χ3n) is 6.45. The lowest BCUT2D eigenvalue weighted by Gasteiger charge is -2.09. The summed E-state index contributed by atoms with van der Waals surface area (Å²) in [5.41, 5.74) is 6.73. The van der Waals surface area contributed by atoms with E-state index in [0.717, 1.165) is 59.5 Å². The van der Waals surface area contributed by atoms with Gasteiger partial charge in [0.15, 0.2) is 0 Å². The van der Waals surface area contributed by atoms with E-state index in [1.807, 2.05) is 54.6 Å². The predicted octanol–water partition coefficient (Wildman–Crippen LogP) is 5.23. The molecule has 5 rings (SSSR count). The van der Waals surface area contributed by atoms with Crippen LogP contribution in [0.25, 0.3) is 16.9 Å². The van der Waals surface area contributed by atoms with Crippen molar-refractivity contribution in [2.45, 2.75) is 39.0 Å². The molecule has 10 heteroatoms. The van der Waals surface area contributed by atoms with Crippen LogP contribution in [0.1, 0.15) is 47.8 Å². The Kier molecular flexibility index (Phi) is 8.32. The minimum Gasteiger partial charge on any atom is -0.494 e. The Labute approximate surface area is 236 Å². The topological polar surface area (TPSA) is 121 Å². The Balaban J connectivity index is 1.33. The number of fused-ring (bicyclic) bond motifs is 1. The fourth-order valence-electron chi connectivity index (χ4n) is 4.49. The first-order valence-electron chi connectivity index (χ1n) is 13.1. The molecule has 1 aliphatic carbocycles. The number of amides is 2. The van der Waals surface area contributed by atoms with E-state index in [-0.39, 0.29) is 0 Å². The third kappa shape index (κ3) is 5.95. The molecule has 0 spiro atoms. The Morgan fingerprint density at radius 2 is 1.90 bits per heavy atom. The van der Waals surface area contributed by atoms with Gasteiger partial charge in [-0.1, -0.05) is 25.1 Å². The van der Waals surface area contributed by atoms with E-state index < -0.39 is 11.8 Å². The highest BCUT2D eigenvalue weighted by Crippen LogP contribution is 2.37. The fourth-order valence-corrected chi connectivity index (χ4v) is 5.73. The van der Waals surface area contributed by atoms with Crippen molar-refractivity contribution in [2.24, 2.45) is 5.10 Å². The average Bonchev–Trinajstić information content (AvgIpc) is 3.57. The highest BCUT2D eigenvalue weighted by molar-refractivity contribution is 7.16. The Morgan fingerprint density at radius 1 is 1.12 bits per heavy atom. The van der Waals surface area contributed by atoms with E-state index in [1.165, 1.54) is 17.6 Å². The number of hydrogen-bond acceptors (Lipinski definition) is 7. The molecule has 2 aromatic heterocycles. The van der Waals surface area contributed by atoms with Gasteiger partial charge in [-0.25, -0.2) is 10.1 Å². The second kappa shape index (κ2) is 12.4. The SMILES string of the molecule is CCCOc1ccc(-c2nn(-c3ccccc3)cc2/C=N/NC(=O)C(=O)Nc2sc3c(c2C#N)CCCC3)cc1. The van der Waals surface area contributed by atoms with Gasteiger partial charge in [-0.15, -0.1) is 11.3 Å². The molecular weight excluding hydrogens is 524 g/mol. The molecule has 0 saturated carbocycles. The molecule has 0 radical (unpaired) electrons. The van der Waals surface area contributed by atoms with Crippen molar-refractivity contribution >= 4 is 34.4 Å². The summed E-state index contributed by atoms with van der Waals surface area (Å²) in [6, 6.07) is 19.4. The number of nitrogens with zero attached hydrogens (tertiary/aromatic N) is 4. The van der Waals surface area contributed by atoms with Gasteiger partial charge in [-0.05, 0) is 74.1 Å². The summed E-state index contributed by atoms with van der Waals surface area (Å²) in [4.78, 5) is 26.2. The molecule has 4 aromatic rings. The molecule has 202 valence electrons. The van der Waals surface area contributed by atoms with E-state index in [9.17, 15) is 14.9 Å². The number of nitriles is 1. The number of ether oxygens (including phenoxy) is 1. The zero-order chi connectivity index (χ0) is 27.9. The second-order valence-electron chi connectivity index (χ2n) is 9.27. The minimum atomic E-state index is -0.930. The molecule has 2 N–H and O–H groups in total. The number of hydrogen-bond donors (Lipinski definition) is 2. The normalized spacial score (nSPS) is 12.5. The maximum Gasteiger partial charge on any atom is 0.329 e. The Bertz CT molecular complexity index is 1580. The maximum atomic E-state index is 12.6. The van der Waals surface area contributed by atoms with E-state index in [2.05, 4.69) is 28.8 Å². The zero-order valence-electron chi connectivity index (χ0n) is 22.0. The van der Waals surface area contributed by atoms with Gasteiger partial charge in [0.2, 0.25) is 0 Å². The third-order valence-corrected chi connectivity index (χ3v) is 7.66. The monoisotopic (exact) mass is 552 g/mol. The summed E-state index contributed by atoms with van der Waals surface area (Å²) in [5, 5.41) is 21.4. The number of carbonyl (C=O) groups excluding carboxylic acids is 2. The molecule has 0 atom stereocenters. The van der Waals surface area contributed by atoms with Crippen molar-refractivity contribution in [1.29, 1.82) is 5.26 Å². The van der Waals surface area contributed by atoms with Crippen molar-refractivity contribution in [3.63, 3.8) is 0 Å². The molecule has 1 aliphatic rings. The van der Waals surface area contributed by atoms with Gasteiger partial charge in [0.25, 0.3) is 0 Å². The predicted molar refractivity (Wildman–Crippen MR) is 155 cm³/mol. The fraction of sp³-hybridized carbons (Fsp3) is 0.233. The zero-order valence-corrected chi connectivity index (χ0v) is 22.8. The first kappa shape index (κ1) is 26.8. The van der Waals surface area contributed by atoms with Crippen LogP contribution in [-0.4, -0.2) is 34.4 Å². The summed E-state index contributed by atoms with van der Waals surface area (Å²) in [6.07, 6.45) is 7.95. The minimum absolute atomic E-state index is 0.413. The van der Waals surface area contributed by atoms with Crippen molar-refractivity contribution in [3.05, 3.63) is 82.4 Å². The number of aromatic nitrogens is 2. The first-order valence-corrected chi connectivity index (χ1v) is 14.0. The van der Waals surface area contributed by atoms with Crippen LogP contribution in [-0.2, 0) is 22.4 Å². The second-order valence-corrected chi connectivity index (χ2v) is 10.4. The Morgan fingerprint density at radius 3 is 2.65 bits per heavy atom. The molecule has 0 aliphatic heterocycles. The largest absolute Gasteiger partial charge is 0.494 e. The van der Waals surface area contributed by atoms with E-state index >= 15 is 0 Å². The van der Waals surface area contributed by atoms with Gasteiger partial charge in [-0.2, -0.15) is 15.5 Å². The number of anilines is 1. The summed E-state index contributed by atoms with van der Waals surface area (Å²) >= 11 is 1.37. The summed E-state index contributed by atoms with van der Waals surface area (Å²) in [7, 11) is 0. The highest BCUT2D eigenvalue weighted by atomic mass is 32.1. The first-order chi connectivity index (χ1) is 19.6. The molecule has 2 aromatic carbocycles. The smallest absolute Gasteiger partial charge is 0.329 e.